The Labute approximate surface area is 161 Å². The van der Waals surface area contributed by atoms with Gasteiger partial charge in [-0.15, -0.1) is 0 Å². The summed E-state index contributed by atoms with van der Waals surface area (Å²) in [5, 5.41) is 3.07. The highest BCUT2D eigenvalue weighted by atomic mass is 19.4. The average molecular weight is 393 g/mol. The summed E-state index contributed by atoms with van der Waals surface area (Å²) in [6.45, 7) is 5.16. The first-order valence-corrected chi connectivity index (χ1v) is 8.99. The van der Waals surface area contributed by atoms with Crippen molar-refractivity contribution in [1.82, 2.24) is 5.32 Å². The van der Waals surface area contributed by atoms with Crippen molar-refractivity contribution in [3.05, 3.63) is 57.9 Å². The van der Waals surface area contributed by atoms with Crippen molar-refractivity contribution in [3.8, 4) is 0 Å². The normalized spacial score (nSPS) is 22.0. The zero-order chi connectivity index (χ0) is 20.9. The van der Waals surface area contributed by atoms with Crippen molar-refractivity contribution in [2.24, 2.45) is 5.41 Å². The van der Waals surface area contributed by atoms with Gasteiger partial charge in [0.25, 0.3) is 0 Å². The minimum atomic E-state index is -4.62. The van der Waals surface area contributed by atoms with Crippen molar-refractivity contribution >= 4 is 11.8 Å². The molecular formula is C21H22F3NO3. The Morgan fingerprint density at radius 2 is 1.89 bits per heavy atom. The van der Waals surface area contributed by atoms with Crippen molar-refractivity contribution < 1.29 is 27.5 Å². The van der Waals surface area contributed by atoms with Crippen LogP contribution in [-0.4, -0.2) is 18.9 Å². The van der Waals surface area contributed by atoms with Crippen LogP contribution < -0.4 is 5.32 Å². The molecule has 3 rings (SSSR count). The summed E-state index contributed by atoms with van der Waals surface area (Å²) in [7, 11) is 1.17. The second kappa shape index (κ2) is 6.79. The van der Waals surface area contributed by atoms with Crippen LogP contribution in [0.3, 0.4) is 0 Å². The Morgan fingerprint density at radius 3 is 2.50 bits per heavy atom. The van der Waals surface area contributed by atoms with E-state index in [2.05, 4.69) is 5.32 Å². The van der Waals surface area contributed by atoms with E-state index in [0.29, 0.717) is 24.2 Å². The van der Waals surface area contributed by atoms with E-state index in [1.165, 1.54) is 25.3 Å². The summed E-state index contributed by atoms with van der Waals surface area (Å²) >= 11 is 0. The molecule has 1 aromatic rings. The smallest absolute Gasteiger partial charge is 0.416 e. The van der Waals surface area contributed by atoms with Gasteiger partial charge in [0, 0.05) is 28.3 Å². The Hall–Kier alpha value is -2.57. The second-order valence-corrected chi connectivity index (χ2v) is 7.78. The highest BCUT2D eigenvalue weighted by Gasteiger charge is 2.47. The number of methoxy groups -OCH3 is 1. The SMILES string of the molecule is COC(=O)C1=C(C)NC2=C(C(=O)C(C)(C)CC2)C1c1ccccc1C(F)(F)F. The van der Waals surface area contributed by atoms with Crippen LogP contribution in [0.5, 0.6) is 0 Å². The van der Waals surface area contributed by atoms with Crippen LogP contribution in [0.25, 0.3) is 0 Å². The van der Waals surface area contributed by atoms with Crippen molar-refractivity contribution in [2.45, 2.75) is 45.7 Å². The lowest BCUT2D eigenvalue weighted by Gasteiger charge is -2.39. The first-order chi connectivity index (χ1) is 13.0. The molecule has 0 radical (unpaired) electrons. The zero-order valence-corrected chi connectivity index (χ0v) is 16.2. The third-order valence-electron chi connectivity index (χ3n) is 5.49. The lowest BCUT2D eigenvalue weighted by Crippen LogP contribution is -2.41. The molecule has 150 valence electrons. The van der Waals surface area contributed by atoms with Gasteiger partial charge in [-0.1, -0.05) is 32.0 Å². The highest BCUT2D eigenvalue weighted by molar-refractivity contribution is 6.06. The Morgan fingerprint density at radius 1 is 1.25 bits per heavy atom. The lowest BCUT2D eigenvalue weighted by atomic mass is 9.66. The van der Waals surface area contributed by atoms with Gasteiger partial charge in [-0.2, -0.15) is 13.2 Å². The van der Waals surface area contributed by atoms with Crippen LogP contribution in [0, 0.1) is 5.41 Å². The van der Waals surface area contributed by atoms with Gasteiger partial charge in [0.15, 0.2) is 5.78 Å². The van der Waals surface area contributed by atoms with Crippen LogP contribution in [0.15, 0.2) is 46.8 Å². The first kappa shape index (κ1) is 20.2. The van der Waals surface area contributed by atoms with E-state index in [1.807, 2.05) is 0 Å². The van der Waals surface area contributed by atoms with Crippen LogP contribution in [0.1, 0.15) is 50.7 Å². The van der Waals surface area contributed by atoms with Crippen LogP contribution >= 0.6 is 0 Å². The van der Waals surface area contributed by atoms with Crippen molar-refractivity contribution in [1.29, 1.82) is 0 Å². The van der Waals surface area contributed by atoms with Crippen LogP contribution in [0.2, 0.25) is 0 Å². The average Bonchev–Trinajstić information content (AvgIpc) is 2.63. The summed E-state index contributed by atoms with van der Waals surface area (Å²) in [6, 6.07) is 5.08. The number of esters is 1. The standard InChI is InChI=1S/C21H22F3NO3/c1-11-15(19(27)28-4)16(12-7-5-6-8-13(12)21(22,23)24)17-14(25-11)9-10-20(2,3)18(17)26/h5-8,16,25H,9-10H2,1-4H3. The maximum absolute atomic E-state index is 13.7. The number of rotatable bonds is 2. The number of ether oxygens (including phenoxy) is 1. The Kier molecular flexibility index (Phi) is 4.89. The van der Waals surface area contributed by atoms with E-state index >= 15 is 0 Å². The molecule has 4 nitrogen and oxygen atoms in total. The number of allylic oxidation sites excluding steroid dienone is 3. The van der Waals surface area contributed by atoms with Gasteiger partial charge in [0.2, 0.25) is 0 Å². The minimum Gasteiger partial charge on any atom is -0.466 e. The van der Waals surface area contributed by atoms with Gasteiger partial charge in [0.05, 0.1) is 18.2 Å². The third kappa shape index (κ3) is 3.23. The number of alkyl halides is 3. The van der Waals surface area contributed by atoms with Gasteiger partial charge in [-0.25, -0.2) is 4.79 Å². The molecule has 0 amide bonds. The molecular weight excluding hydrogens is 371 g/mol. The number of halogens is 3. The second-order valence-electron chi connectivity index (χ2n) is 7.78. The van der Waals surface area contributed by atoms with Crippen LogP contribution in [-0.2, 0) is 20.5 Å². The number of nitrogens with one attached hydrogen (secondary N) is 1. The topological polar surface area (TPSA) is 55.4 Å². The number of hydrogen-bond donors (Lipinski definition) is 1. The molecule has 1 aromatic carbocycles. The summed E-state index contributed by atoms with van der Waals surface area (Å²) in [4.78, 5) is 25.8. The highest BCUT2D eigenvalue weighted by Crippen LogP contribution is 2.49. The van der Waals surface area contributed by atoms with Gasteiger partial charge < -0.3 is 10.1 Å². The van der Waals surface area contributed by atoms with Gasteiger partial charge >= 0.3 is 12.1 Å². The molecule has 0 spiro atoms. The van der Waals surface area contributed by atoms with Gasteiger partial charge in [-0.05, 0) is 31.4 Å². The molecule has 0 bridgehead atoms. The molecule has 2 aliphatic rings. The fourth-order valence-corrected chi connectivity index (χ4v) is 3.98. The number of hydrogen-bond acceptors (Lipinski definition) is 4. The monoisotopic (exact) mass is 393 g/mol. The number of dihydropyridines is 1. The van der Waals surface area contributed by atoms with E-state index in [4.69, 9.17) is 4.74 Å². The summed E-state index contributed by atoms with van der Waals surface area (Å²) < 4.78 is 46.1. The molecule has 1 heterocycles. The predicted molar refractivity (Wildman–Crippen MR) is 97.1 cm³/mol. The van der Waals surface area contributed by atoms with Gasteiger partial charge in [0.1, 0.15) is 0 Å². The fraction of sp³-hybridized carbons (Fsp3) is 0.429. The lowest BCUT2D eigenvalue weighted by molar-refractivity contribution is -0.139. The number of carbonyl (C=O) groups is 2. The molecule has 1 aliphatic carbocycles. The predicted octanol–water partition coefficient (Wildman–Crippen LogP) is 4.48. The summed E-state index contributed by atoms with van der Waals surface area (Å²) in [5.74, 6) is -2.14. The molecule has 28 heavy (non-hydrogen) atoms. The zero-order valence-electron chi connectivity index (χ0n) is 16.2. The molecule has 1 unspecified atom stereocenters. The molecule has 1 aliphatic heterocycles. The number of ketones is 1. The van der Waals surface area contributed by atoms with E-state index in [0.717, 1.165) is 6.07 Å². The van der Waals surface area contributed by atoms with Crippen molar-refractivity contribution in [2.75, 3.05) is 7.11 Å². The molecule has 0 fully saturated rings. The Bertz CT molecular complexity index is 910. The third-order valence-corrected chi connectivity index (χ3v) is 5.49. The molecule has 1 atom stereocenters. The molecule has 0 saturated heterocycles. The first-order valence-electron chi connectivity index (χ1n) is 8.99. The van der Waals surface area contributed by atoms with E-state index in [9.17, 15) is 22.8 Å². The Balaban J connectivity index is 2.32. The molecule has 7 heteroatoms. The van der Waals surface area contributed by atoms with E-state index in [-0.39, 0.29) is 22.5 Å². The van der Waals surface area contributed by atoms with Gasteiger partial charge in [-0.3, -0.25) is 4.79 Å². The van der Waals surface area contributed by atoms with Crippen molar-refractivity contribution in [3.63, 3.8) is 0 Å². The van der Waals surface area contributed by atoms with E-state index in [1.54, 1.807) is 20.8 Å². The largest absolute Gasteiger partial charge is 0.466 e. The van der Waals surface area contributed by atoms with Crippen LogP contribution in [0.4, 0.5) is 13.2 Å². The number of benzene rings is 1. The molecule has 1 N–H and O–H groups in total. The number of carbonyl (C=O) groups excluding carboxylic acids is 2. The number of Topliss-reactive ketones (excluding diaryl/α,β-unsaturated/α-hetero) is 1. The fourth-order valence-electron chi connectivity index (χ4n) is 3.98. The maximum Gasteiger partial charge on any atom is 0.416 e. The summed E-state index contributed by atoms with van der Waals surface area (Å²) in [6.07, 6.45) is -3.53. The maximum atomic E-state index is 13.7. The quantitative estimate of drug-likeness (QED) is 0.753. The summed E-state index contributed by atoms with van der Waals surface area (Å²) in [5.41, 5.74) is -0.466. The molecule has 0 saturated carbocycles. The molecule has 0 aromatic heterocycles. The van der Waals surface area contributed by atoms with E-state index < -0.39 is 29.0 Å². The minimum absolute atomic E-state index is 0.0315.